The normalized spacial score (nSPS) is 40.9. The number of aliphatic hydroxyl groups is 1. The van der Waals surface area contributed by atoms with Crippen molar-refractivity contribution < 1.29 is 34.1 Å². The molecule has 0 aromatic heterocycles. The summed E-state index contributed by atoms with van der Waals surface area (Å²) in [6.45, 7) is 1.75. The molecule has 242 valence electrons. The standard InChI is InChI=1S/C35H45N3O7/c1-33(32(41)42)7-5-24(6-8-33)45-26-12-25(27(44-2)11-23(26)17-36)30(39)37-29-22-4-3-21(10-22)28(29)31(40)38-34-13-19-9-20(14-34)16-35(43,15-19)18-34/h11-12,19-22,24,28-29,43H,3-10,13-16,18H2,1-2H3,(H,37,39)(H,38,40)(H,41,42)/t19?,20?,21-,22+,24-,28+,29-,33+,34-,35-/m1/s1. The number of nitrogens with zero attached hydrogens (tertiary/aromatic N) is 1. The summed E-state index contributed by atoms with van der Waals surface area (Å²) in [6, 6.07) is 4.89. The molecular weight excluding hydrogens is 574 g/mol. The number of rotatable bonds is 8. The molecule has 0 aliphatic heterocycles. The van der Waals surface area contributed by atoms with E-state index in [9.17, 15) is 29.9 Å². The number of nitrogens with one attached hydrogen (secondary N) is 2. The Balaban J connectivity index is 1.08. The molecule has 7 aliphatic rings. The molecule has 2 unspecified atom stereocenters. The number of methoxy groups -OCH3 is 1. The van der Waals surface area contributed by atoms with E-state index in [1.165, 1.54) is 13.2 Å². The minimum atomic E-state index is -0.815. The van der Waals surface area contributed by atoms with Gasteiger partial charge in [0.25, 0.3) is 5.91 Å². The van der Waals surface area contributed by atoms with E-state index < -0.39 is 17.0 Å². The number of carbonyl (C=O) groups is 3. The summed E-state index contributed by atoms with van der Waals surface area (Å²) in [5.41, 5.74) is -1.33. The molecule has 45 heavy (non-hydrogen) atoms. The van der Waals surface area contributed by atoms with E-state index in [0.717, 1.165) is 51.4 Å². The summed E-state index contributed by atoms with van der Waals surface area (Å²) in [6.07, 6.45) is 9.87. The van der Waals surface area contributed by atoms with Crippen molar-refractivity contribution in [1.29, 1.82) is 5.26 Å². The van der Waals surface area contributed by atoms with Crippen LogP contribution in [0, 0.1) is 46.3 Å². The lowest BCUT2D eigenvalue weighted by molar-refractivity contribution is -0.154. The topological polar surface area (TPSA) is 158 Å². The second-order valence-electron chi connectivity index (χ2n) is 15.7. The molecule has 7 fully saturated rings. The van der Waals surface area contributed by atoms with E-state index in [-0.39, 0.29) is 69.9 Å². The molecule has 6 bridgehead atoms. The van der Waals surface area contributed by atoms with Crippen molar-refractivity contribution in [3.05, 3.63) is 23.3 Å². The SMILES string of the molecule is COc1cc(C#N)c(O[C@H]2CC[C@@](C)(C(=O)O)CC2)cc1C(=O)N[C@@H]1[C@H]2CC[C@H](C2)[C@@H]1C(=O)N[C@]12CC3CC(C[C@@](O)(C3)C1)C2. The van der Waals surface area contributed by atoms with Gasteiger partial charge < -0.3 is 30.3 Å². The van der Waals surface area contributed by atoms with Crippen LogP contribution in [0.25, 0.3) is 0 Å². The highest BCUT2D eigenvalue weighted by Crippen LogP contribution is 2.58. The third kappa shape index (κ3) is 5.35. The van der Waals surface area contributed by atoms with Crippen LogP contribution < -0.4 is 20.1 Å². The minimum absolute atomic E-state index is 0.000440. The van der Waals surface area contributed by atoms with Crippen LogP contribution in [0.3, 0.4) is 0 Å². The Morgan fingerprint density at radius 3 is 2.29 bits per heavy atom. The smallest absolute Gasteiger partial charge is 0.309 e. The van der Waals surface area contributed by atoms with Crippen molar-refractivity contribution in [2.24, 2.45) is 35.0 Å². The zero-order valence-electron chi connectivity index (χ0n) is 26.3. The third-order valence-electron chi connectivity index (χ3n) is 12.4. The van der Waals surface area contributed by atoms with Crippen molar-refractivity contribution in [3.63, 3.8) is 0 Å². The number of hydrogen-bond donors (Lipinski definition) is 4. The maximum atomic E-state index is 14.1. The van der Waals surface area contributed by atoms with Gasteiger partial charge in [-0.25, -0.2) is 0 Å². The Labute approximate surface area is 264 Å². The molecule has 10 nitrogen and oxygen atoms in total. The molecule has 8 rings (SSSR count). The predicted molar refractivity (Wildman–Crippen MR) is 162 cm³/mol. The van der Waals surface area contributed by atoms with Gasteiger partial charge in [-0.3, -0.25) is 14.4 Å². The number of ether oxygens (including phenoxy) is 2. The Morgan fingerprint density at radius 2 is 1.67 bits per heavy atom. The second-order valence-corrected chi connectivity index (χ2v) is 15.7. The number of benzene rings is 1. The average molecular weight is 620 g/mol. The quantitative estimate of drug-likeness (QED) is 0.335. The largest absolute Gasteiger partial charge is 0.496 e. The van der Waals surface area contributed by atoms with Gasteiger partial charge in [-0.05, 0) is 120 Å². The van der Waals surface area contributed by atoms with Crippen molar-refractivity contribution in [2.75, 3.05) is 7.11 Å². The van der Waals surface area contributed by atoms with Crippen LogP contribution >= 0.6 is 0 Å². The molecule has 1 aromatic rings. The second kappa shape index (κ2) is 10.9. The fraction of sp³-hybridized carbons (Fsp3) is 0.714. The molecule has 10 heteroatoms. The van der Waals surface area contributed by atoms with Gasteiger partial charge in [0.2, 0.25) is 5.91 Å². The number of carboxylic acids is 1. The van der Waals surface area contributed by atoms with E-state index >= 15 is 0 Å². The summed E-state index contributed by atoms with van der Waals surface area (Å²) < 4.78 is 11.8. The van der Waals surface area contributed by atoms with Crippen molar-refractivity contribution in [3.8, 4) is 17.6 Å². The zero-order chi connectivity index (χ0) is 31.7. The molecular formula is C35H45N3O7. The van der Waals surface area contributed by atoms with Gasteiger partial charge in [-0.1, -0.05) is 0 Å². The number of carbonyl (C=O) groups excluding carboxylic acids is 2. The van der Waals surface area contributed by atoms with Crippen LogP contribution in [-0.4, -0.2) is 58.4 Å². The van der Waals surface area contributed by atoms with E-state index in [0.29, 0.717) is 43.9 Å². The number of fused-ring (bicyclic) bond motifs is 2. The lowest BCUT2D eigenvalue weighted by atomic mass is 9.51. The molecule has 0 spiro atoms. The predicted octanol–water partition coefficient (Wildman–Crippen LogP) is 4.32. The van der Waals surface area contributed by atoms with Gasteiger partial charge in [0.15, 0.2) is 0 Å². The lowest BCUT2D eigenvalue weighted by Gasteiger charge is -2.60. The van der Waals surface area contributed by atoms with E-state index in [1.807, 2.05) is 0 Å². The lowest BCUT2D eigenvalue weighted by Crippen LogP contribution is -2.66. The highest BCUT2D eigenvalue weighted by atomic mass is 16.5. The van der Waals surface area contributed by atoms with E-state index in [4.69, 9.17) is 9.47 Å². The van der Waals surface area contributed by atoms with Crippen LogP contribution in [0.15, 0.2) is 12.1 Å². The molecule has 0 heterocycles. The fourth-order valence-electron chi connectivity index (χ4n) is 10.6. The number of hydrogen-bond acceptors (Lipinski definition) is 7. The zero-order valence-corrected chi connectivity index (χ0v) is 26.3. The number of carboxylic acid groups (broad SMARTS) is 1. The molecule has 0 saturated heterocycles. The average Bonchev–Trinajstić information content (AvgIpc) is 3.58. The maximum Gasteiger partial charge on any atom is 0.309 e. The molecule has 7 aliphatic carbocycles. The highest BCUT2D eigenvalue weighted by molar-refractivity contribution is 5.98. The monoisotopic (exact) mass is 619 g/mol. The van der Waals surface area contributed by atoms with Crippen molar-refractivity contribution >= 4 is 17.8 Å². The fourth-order valence-corrected chi connectivity index (χ4v) is 10.6. The number of amides is 2. The summed E-state index contributed by atoms with van der Waals surface area (Å²) in [5, 5.41) is 37.3. The number of aliphatic carboxylic acids is 1. The molecule has 2 amide bonds. The van der Waals surface area contributed by atoms with Crippen LogP contribution in [0.5, 0.6) is 11.5 Å². The molecule has 6 atom stereocenters. The molecule has 4 N–H and O–H groups in total. The van der Waals surface area contributed by atoms with Gasteiger partial charge >= 0.3 is 5.97 Å². The summed E-state index contributed by atoms with van der Waals surface area (Å²) in [5.74, 6) is 0.348. The maximum absolute atomic E-state index is 14.1. The Bertz CT molecular complexity index is 1430. The van der Waals surface area contributed by atoms with Crippen LogP contribution in [0.2, 0.25) is 0 Å². The first-order chi connectivity index (χ1) is 21.4. The van der Waals surface area contributed by atoms with Gasteiger partial charge in [0.1, 0.15) is 17.6 Å². The summed E-state index contributed by atoms with van der Waals surface area (Å²) in [4.78, 5) is 39.7. The van der Waals surface area contributed by atoms with Crippen LogP contribution in [0.1, 0.15) is 106 Å². The third-order valence-corrected chi connectivity index (χ3v) is 12.4. The summed E-state index contributed by atoms with van der Waals surface area (Å²) >= 11 is 0. The number of nitriles is 1. The highest BCUT2D eigenvalue weighted by Gasteiger charge is 2.59. The molecule has 0 radical (unpaired) electrons. The van der Waals surface area contributed by atoms with Crippen LogP contribution in [0.4, 0.5) is 0 Å². The van der Waals surface area contributed by atoms with Gasteiger partial charge in [0, 0.05) is 17.6 Å². The minimum Gasteiger partial charge on any atom is -0.496 e. The van der Waals surface area contributed by atoms with Gasteiger partial charge in [0.05, 0.1) is 41.3 Å². The Hall–Kier alpha value is -3.32. The Kier molecular flexibility index (Phi) is 7.34. The first-order valence-corrected chi connectivity index (χ1v) is 16.8. The molecule has 1 aromatic carbocycles. The van der Waals surface area contributed by atoms with Gasteiger partial charge in [-0.2, -0.15) is 5.26 Å². The van der Waals surface area contributed by atoms with E-state index in [1.54, 1.807) is 13.0 Å². The van der Waals surface area contributed by atoms with Crippen molar-refractivity contribution in [1.82, 2.24) is 10.6 Å². The first kappa shape index (κ1) is 30.3. The molecule has 7 saturated carbocycles. The van der Waals surface area contributed by atoms with E-state index in [2.05, 4.69) is 16.7 Å². The Morgan fingerprint density at radius 1 is 0.978 bits per heavy atom. The van der Waals surface area contributed by atoms with Gasteiger partial charge in [-0.15, -0.1) is 0 Å². The van der Waals surface area contributed by atoms with Crippen molar-refractivity contribution in [2.45, 2.75) is 114 Å². The van der Waals surface area contributed by atoms with Crippen LogP contribution in [-0.2, 0) is 9.59 Å². The summed E-state index contributed by atoms with van der Waals surface area (Å²) in [7, 11) is 1.45. The first-order valence-electron chi connectivity index (χ1n) is 16.8.